The molecule has 18 heavy (non-hydrogen) atoms. The molecule has 0 aliphatic carbocycles. The van der Waals surface area contributed by atoms with Gasteiger partial charge in [-0.15, -0.1) is 0 Å². The molecule has 1 aromatic rings. The number of methoxy groups -OCH3 is 1. The molecule has 2 atom stereocenters. The Balaban J connectivity index is 2.87. The molecular formula is C15H25NO2. The van der Waals surface area contributed by atoms with Crippen LogP contribution in [0.2, 0.25) is 0 Å². The highest BCUT2D eigenvalue weighted by Crippen LogP contribution is 2.26. The SMILES string of the molecule is COCC(C)Oc1c(C)cc(CC(C)N)cc1C. The predicted molar refractivity (Wildman–Crippen MR) is 75.2 cm³/mol. The highest BCUT2D eigenvalue weighted by Gasteiger charge is 2.11. The fraction of sp³-hybridized carbons (Fsp3) is 0.600. The molecule has 0 fully saturated rings. The molecule has 0 amide bonds. The number of nitrogens with two attached hydrogens (primary N) is 1. The molecule has 0 aliphatic heterocycles. The summed E-state index contributed by atoms with van der Waals surface area (Å²) in [5.74, 6) is 0.966. The number of aryl methyl sites for hydroxylation is 2. The van der Waals surface area contributed by atoms with Crippen molar-refractivity contribution in [2.24, 2.45) is 5.73 Å². The number of hydrogen-bond acceptors (Lipinski definition) is 3. The first-order valence-corrected chi connectivity index (χ1v) is 6.45. The fourth-order valence-corrected chi connectivity index (χ4v) is 2.19. The van der Waals surface area contributed by atoms with E-state index >= 15 is 0 Å². The largest absolute Gasteiger partial charge is 0.488 e. The molecule has 2 unspecified atom stereocenters. The van der Waals surface area contributed by atoms with Crippen LogP contribution in [0.5, 0.6) is 5.75 Å². The van der Waals surface area contributed by atoms with Crippen molar-refractivity contribution < 1.29 is 9.47 Å². The maximum absolute atomic E-state index is 5.92. The van der Waals surface area contributed by atoms with E-state index in [1.807, 2.05) is 13.8 Å². The van der Waals surface area contributed by atoms with Gasteiger partial charge in [0.15, 0.2) is 0 Å². The molecule has 0 radical (unpaired) electrons. The van der Waals surface area contributed by atoms with Gasteiger partial charge < -0.3 is 15.2 Å². The second kappa shape index (κ2) is 6.76. The molecule has 0 bridgehead atoms. The number of rotatable bonds is 6. The summed E-state index contributed by atoms with van der Waals surface area (Å²) in [6.45, 7) is 8.79. The Bertz CT molecular complexity index is 365. The van der Waals surface area contributed by atoms with Gasteiger partial charge in [0.1, 0.15) is 11.9 Å². The highest BCUT2D eigenvalue weighted by atomic mass is 16.5. The lowest BCUT2D eigenvalue weighted by molar-refractivity contribution is 0.0911. The summed E-state index contributed by atoms with van der Waals surface area (Å²) >= 11 is 0. The minimum Gasteiger partial charge on any atom is -0.488 e. The second-order valence-corrected chi connectivity index (χ2v) is 5.12. The lowest BCUT2D eigenvalue weighted by Crippen LogP contribution is -2.20. The van der Waals surface area contributed by atoms with Gasteiger partial charge in [0.25, 0.3) is 0 Å². The van der Waals surface area contributed by atoms with Crippen LogP contribution >= 0.6 is 0 Å². The van der Waals surface area contributed by atoms with Gasteiger partial charge in [-0.25, -0.2) is 0 Å². The third-order valence-corrected chi connectivity index (χ3v) is 2.80. The van der Waals surface area contributed by atoms with Crippen LogP contribution in [0.4, 0.5) is 0 Å². The summed E-state index contributed by atoms with van der Waals surface area (Å²) in [6, 6.07) is 4.50. The molecular weight excluding hydrogens is 226 g/mol. The molecule has 0 saturated carbocycles. The molecule has 1 aromatic carbocycles. The van der Waals surface area contributed by atoms with E-state index in [-0.39, 0.29) is 12.1 Å². The Morgan fingerprint density at radius 1 is 1.17 bits per heavy atom. The van der Waals surface area contributed by atoms with E-state index in [0.717, 1.165) is 23.3 Å². The van der Waals surface area contributed by atoms with Gasteiger partial charge >= 0.3 is 0 Å². The maximum Gasteiger partial charge on any atom is 0.125 e. The molecule has 3 nitrogen and oxygen atoms in total. The van der Waals surface area contributed by atoms with Crippen molar-refractivity contribution in [2.75, 3.05) is 13.7 Å². The van der Waals surface area contributed by atoms with Crippen LogP contribution in [0.1, 0.15) is 30.5 Å². The first-order chi connectivity index (χ1) is 8.43. The summed E-state index contributed by atoms with van der Waals surface area (Å²) in [4.78, 5) is 0. The van der Waals surface area contributed by atoms with Crippen molar-refractivity contribution >= 4 is 0 Å². The van der Waals surface area contributed by atoms with Crippen LogP contribution in [0.3, 0.4) is 0 Å². The summed E-state index contributed by atoms with van der Waals surface area (Å²) in [5, 5.41) is 0. The Hall–Kier alpha value is -1.06. The van der Waals surface area contributed by atoms with Gasteiger partial charge in [-0.3, -0.25) is 0 Å². The zero-order chi connectivity index (χ0) is 13.7. The van der Waals surface area contributed by atoms with Crippen molar-refractivity contribution in [3.8, 4) is 5.75 Å². The zero-order valence-corrected chi connectivity index (χ0v) is 12.1. The molecule has 102 valence electrons. The van der Waals surface area contributed by atoms with Gasteiger partial charge in [-0.1, -0.05) is 12.1 Å². The second-order valence-electron chi connectivity index (χ2n) is 5.12. The molecule has 0 heterocycles. The van der Waals surface area contributed by atoms with E-state index in [9.17, 15) is 0 Å². The Kier molecular flexibility index (Phi) is 5.63. The van der Waals surface area contributed by atoms with Crippen LogP contribution < -0.4 is 10.5 Å². The van der Waals surface area contributed by atoms with Crippen molar-refractivity contribution in [1.82, 2.24) is 0 Å². The Morgan fingerprint density at radius 3 is 2.17 bits per heavy atom. The number of hydrogen-bond donors (Lipinski definition) is 1. The quantitative estimate of drug-likeness (QED) is 0.845. The first kappa shape index (κ1) is 15.0. The van der Waals surface area contributed by atoms with Crippen molar-refractivity contribution in [3.63, 3.8) is 0 Å². The van der Waals surface area contributed by atoms with E-state index in [1.54, 1.807) is 7.11 Å². The van der Waals surface area contributed by atoms with Crippen molar-refractivity contribution in [3.05, 3.63) is 28.8 Å². The van der Waals surface area contributed by atoms with Crippen LogP contribution in [0.15, 0.2) is 12.1 Å². The van der Waals surface area contributed by atoms with Gasteiger partial charge in [-0.05, 0) is 50.8 Å². The van der Waals surface area contributed by atoms with Crippen LogP contribution in [-0.2, 0) is 11.2 Å². The zero-order valence-electron chi connectivity index (χ0n) is 12.1. The fourth-order valence-electron chi connectivity index (χ4n) is 2.19. The molecule has 3 heteroatoms. The molecule has 0 spiro atoms. The van der Waals surface area contributed by atoms with Gasteiger partial charge in [0, 0.05) is 13.2 Å². The van der Waals surface area contributed by atoms with Crippen LogP contribution in [0, 0.1) is 13.8 Å². The lowest BCUT2D eigenvalue weighted by atomic mass is 10.0. The summed E-state index contributed by atoms with van der Waals surface area (Å²) in [5.41, 5.74) is 9.43. The van der Waals surface area contributed by atoms with Crippen molar-refractivity contribution in [2.45, 2.75) is 46.3 Å². The van der Waals surface area contributed by atoms with E-state index in [0.29, 0.717) is 6.61 Å². The maximum atomic E-state index is 5.92. The van der Waals surface area contributed by atoms with Gasteiger partial charge in [-0.2, -0.15) is 0 Å². The minimum absolute atomic E-state index is 0.0617. The smallest absolute Gasteiger partial charge is 0.125 e. The normalized spacial score (nSPS) is 14.3. The summed E-state index contributed by atoms with van der Waals surface area (Å²) in [7, 11) is 1.69. The van der Waals surface area contributed by atoms with Crippen molar-refractivity contribution in [1.29, 1.82) is 0 Å². The van der Waals surface area contributed by atoms with Crippen LogP contribution in [-0.4, -0.2) is 25.9 Å². The molecule has 0 aromatic heterocycles. The molecule has 1 rings (SSSR count). The lowest BCUT2D eigenvalue weighted by Gasteiger charge is -2.19. The first-order valence-electron chi connectivity index (χ1n) is 6.45. The highest BCUT2D eigenvalue weighted by molar-refractivity contribution is 5.43. The van der Waals surface area contributed by atoms with Crippen LogP contribution in [0.25, 0.3) is 0 Å². The third-order valence-electron chi connectivity index (χ3n) is 2.80. The van der Waals surface area contributed by atoms with E-state index < -0.39 is 0 Å². The molecule has 0 saturated heterocycles. The minimum atomic E-state index is 0.0617. The number of benzene rings is 1. The van der Waals surface area contributed by atoms with E-state index in [2.05, 4.69) is 26.0 Å². The Morgan fingerprint density at radius 2 is 1.72 bits per heavy atom. The standard InChI is InChI=1S/C15H25NO2/c1-10-6-14(8-12(3)16)7-11(2)15(10)18-13(4)9-17-5/h6-7,12-13H,8-9,16H2,1-5H3. The van der Waals surface area contributed by atoms with E-state index in [4.69, 9.17) is 15.2 Å². The Labute approximate surface area is 110 Å². The summed E-state index contributed by atoms with van der Waals surface area (Å²) in [6.07, 6.45) is 0.960. The third kappa shape index (κ3) is 4.31. The summed E-state index contributed by atoms with van der Waals surface area (Å²) < 4.78 is 11.0. The molecule has 0 aliphatic rings. The molecule has 2 N–H and O–H groups in total. The van der Waals surface area contributed by atoms with Gasteiger partial charge in [0.2, 0.25) is 0 Å². The number of ether oxygens (including phenoxy) is 2. The average molecular weight is 251 g/mol. The topological polar surface area (TPSA) is 44.5 Å². The van der Waals surface area contributed by atoms with E-state index in [1.165, 1.54) is 5.56 Å². The van der Waals surface area contributed by atoms with Gasteiger partial charge in [0.05, 0.1) is 6.61 Å². The monoisotopic (exact) mass is 251 g/mol. The average Bonchev–Trinajstić information content (AvgIpc) is 2.23. The predicted octanol–water partition coefficient (Wildman–Crippen LogP) is 2.61.